The average Bonchev–Trinajstić information content (AvgIpc) is 2.41. The van der Waals surface area contributed by atoms with E-state index in [1.807, 2.05) is 0 Å². The van der Waals surface area contributed by atoms with Gasteiger partial charge in [0.25, 0.3) is 5.91 Å². The lowest BCUT2D eigenvalue weighted by molar-refractivity contribution is 0.0892. The summed E-state index contributed by atoms with van der Waals surface area (Å²) in [6, 6.07) is 6.42. The average molecular weight is 252 g/mol. The number of alkyl halides is 1. The fraction of sp³-hybridized carbons (Fsp3) is 0.462. The highest BCUT2D eigenvalue weighted by Gasteiger charge is 2.26. The van der Waals surface area contributed by atoms with Crippen LogP contribution in [-0.4, -0.2) is 38.3 Å². The van der Waals surface area contributed by atoms with E-state index >= 15 is 0 Å². The first-order valence-corrected chi connectivity index (χ1v) is 6.00. The van der Waals surface area contributed by atoms with Crippen LogP contribution in [0.3, 0.4) is 0 Å². The summed E-state index contributed by atoms with van der Waals surface area (Å²) >= 11 is 0. The molecule has 0 aromatic heterocycles. The van der Waals surface area contributed by atoms with Gasteiger partial charge in [-0.15, -0.1) is 0 Å². The third-order valence-electron chi connectivity index (χ3n) is 3.06. The normalized spacial score (nSPS) is 23.4. The molecule has 1 saturated heterocycles. The molecule has 2 rings (SSSR count). The van der Waals surface area contributed by atoms with Crippen molar-refractivity contribution in [1.82, 2.24) is 10.6 Å². The Balaban J connectivity index is 2.02. The molecule has 2 atom stereocenters. The van der Waals surface area contributed by atoms with Crippen molar-refractivity contribution in [3.8, 4) is 5.75 Å². The molecular weight excluding hydrogens is 235 g/mol. The molecule has 0 radical (unpaired) electrons. The van der Waals surface area contributed by atoms with Gasteiger partial charge in [-0.25, -0.2) is 4.39 Å². The minimum Gasteiger partial charge on any atom is -0.497 e. The molecule has 5 heteroatoms. The lowest BCUT2D eigenvalue weighted by atomic mass is 10.0. The van der Waals surface area contributed by atoms with Crippen molar-refractivity contribution in [2.45, 2.75) is 18.6 Å². The molecule has 18 heavy (non-hydrogen) atoms. The number of amides is 1. The molecule has 0 spiro atoms. The van der Waals surface area contributed by atoms with Crippen LogP contribution in [0.2, 0.25) is 0 Å². The summed E-state index contributed by atoms with van der Waals surface area (Å²) in [7, 11) is 1.54. The Morgan fingerprint density at radius 1 is 1.56 bits per heavy atom. The number of piperidine rings is 1. The summed E-state index contributed by atoms with van der Waals surface area (Å²) < 4.78 is 18.6. The smallest absolute Gasteiger partial charge is 0.251 e. The third-order valence-corrected chi connectivity index (χ3v) is 3.06. The van der Waals surface area contributed by atoms with E-state index in [-0.39, 0.29) is 5.91 Å². The standard InChI is InChI=1S/C13H17FN2O2/c1-18-10-4-2-3-9(7-10)13(17)16-12-5-6-15-8-11(12)14/h2-4,7,11-12,15H,5-6,8H2,1H3,(H,16,17)/t11-,12+/m0/s1. The number of carbonyl (C=O) groups is 1. The summed E-state index contributed by atoms with van der Waals surface area (Å²) in [6.07, 6.45) is -0.426. The number of carbonyl (C=O) groups excluding carboxylic acids is 1. The first kappa shape index (κ1) is 12.8. The van der Waals surface area contributed by atoms with Crippen molar-refractivity contribution in [2.75, 3.05) is 20.2 Å². The van der Waals surface area contributed by atoms with Gasteiger partial charge >= 0.3 is 0 Å². The van der Waals surface area contributed by atoms with E-state index in [4.69, 9.17) is 4.74 Å². The van der Waals surface area contributed by atoms with Crippen LogP contribution in [-0.2, 0) is 0 Å². The molecule has 1 aliphatic heterocycles. The summed E-state index contributed by atoms with van der Waals surface area (Å²) in [5.74, 6) is 0.355. The van der Waals surface area contributed by atoms with Crippen LogP contribution >= 0.6 is 0 Å². The minimum atomic E-state index is -1.03. The quantitative estimate of drug-likeness (QED) is 0.847. The van der Waals surface area contributed by atoms with Gasteiger partial charge < -0.3 is 15.4 Å². The van der Waals surface area contributed by atoms with Gasteiger partial charge in [-0.2, -0.15) is 0 Å². The fourth-order valence-corrected chi connectivity index (χ4v) is 2.00. The summed E-state index contributed by atoms with van der Waals surface area (Å²) in [5.41, 5.74) is 0.486. The molecule has 98 valence electrons. The molecule has 1 heterocycles. The van der Waals surface area contributed by atoms with E-state index in [0.29, 0.717) is 24.3 Å². The second-order valence-electron chi connectivity index (χ2n) is 4.32. The predicted octanol–water partition coefficient (Wildman–Crippen LogP) is 1.12. The fourth-order valence-electron chi connectivity index (χ4n) is 2.00. The van der Waals surface area contributed by atoms with Crippen molar-refractivity contribution in [1.29, 1.82) is 0 Å². The van der Waals surface area contributed by atoms with Crippen molar-refractivity contribution < 1.29 is 13.9 Å². The van der Waals surface area contributed by atoms with E-state index in [2.05, 4.69) is 10.6 Å². The Hall–Kier alpha value is -1.62. The SMILES string of the molecule is COc1cccc(C(=O)N[C@@H]2CCNC[C@@H]2F)c1. The van der Waals surface area contributed by atoms with E-state index in [1.54, 1.807) is 31.4 Å². The molecule has 1 aliphatic rings. The van der Waals surface area contributed by atoms with Crippen LogP contribution in [0, 0.1) is 0 Å². The highest BCUT2D eigenvalue weighted by molar-refractivity contribution is 5.94. The minimum absolute atomic E-state index is 0.261. The molecule has 4 nitrogen and oxygen atoms in total. The molecule has 0 saturated carbocycles. The molecular formula is C13H17FN2O2. The second-order valence-corrected chi connectivity index (χ2v) is 4.32. The third kappa shape index (κ3) is 2.98. The Morgan fingerprint density at radius 3 is 3.11 bits per heavy atom. The maximum absolute atomic E-state index is 13.6. The molecule has 1 fully saturated rings. The van der Waals surface area contributed by atoms with Crippen LogP contribution in [0.15, 0.2) is 24.3 Å². The van der Waals surface area contributed by atoms with Crippen LogP contribution in [0.5, 0.6) is 5.75 Å². The summed E-state index contributed by atoms with van der Waals surface area (Å²) in [5, 5.41) is 5.68. The van der Waals surface area contributed by atoms with E-state index < -0.39 is 12.2 Å². The van der Waals surface area contributed by atoms with Gasteiger partial charge in [0.2, 0.25) is 0 Å². The lowest BCUT2D eigenvalue weighted by Crippen LogP contribution is -2.50. The zero-order valence-corrected chi connectivity index (χ0v) is 10.3. The molecule has 0 aliphatic carbocycles. The van der Waals surface area contributed by atoms with E-state index in [9.17, 15) is 9.18 Å². The van der Waals surface area contributed by atoms with Crippen LogP contribution in [0.1, 0.15) is 16.8 Å². The summed E-state index contributed by atoms with van der Waals surface area (Å²) in [6.45, 7) is 1.02. The first-order valence-electron chi connectivity index (χ1n) is 6.00. The Kier molecular flexibility index (Phi) is 4.15. The number of benzene rings is 1. The van der Waals surface area contributed by atoms with E-state index in [0.717, 1.165) is 6.54 Å². The van der Waals surface area contributed by atoms with Gasteiger partial charge in [0.15, 0.2) is 0 Å². The summed E-state index contributed by atoms with van der Waals surface area (Å²) in [4.78, 5) is 12.0. The number of methoxy groups -OCH3 is 1. The van der Waals surface area contributed by atoms with Gasteiger partial charge in [0.1, 0.15) is 11.9 Å². The van der Waals surface area contributed by atoms with E-state index in [1.165, 1.54) is 0 Å². The van der Waals surface area contributed by atoms with Crippen LogP contribution < -0.4 is 15.4 Å². The molecule has 1 aromatic carbocycles. The van der Waals surface area contributed by atoms with Crippen molar-refractivity contribution in [3.63, 3.8) is 0 Å². The van der Waals surface area contributed by atoms with Gasteiger partial charge in [-0.3, -0.25) is 4.79 Å². The highest BCUT2D eigenvalue weighted by Crippen LogP contribution is 2.14. The number of nitrogens with one attached hydrogen (secondary N) is 2. The highest BCUT2D eigenvalue weighted by atomic mass is 19.1. The van der Waals surface area contributed by atoms with Crippen molar-refractivity contribution in [2.24, 2.45) is 0 Å². The Morgan fingerprint density at radius 2 is 2.39 bits per heavy atom. The maximum atomic E-state index is 13.6. The van der Waals surface area contributed by atoms with Gasteiger partial charge in [-0.05, 0) is 31.2 Å². The van der Waals surface area contributed by atoms with Gasteiger partial charge in [-0.1, -0.05) is 6.07 Å². The monoisotopic (exact) mass is 252 g/mol. The Labute approximate surface area is 106 Å². The number of halogens is 1. The van der Waals surface area contributed by atoms with Gasteiger partial charge in [0.05, 0.1) is 13.2 Å². The Bertz CT molecular complexity index is 425. The molecule has 2 N–H and O–H groups in total. The number of ether oxygens (including phenoxy) is 1. The molecule has 1 aromatic rings. The number of hydrogen-bond acceptors (Lipinski definition) is 3. The maximum Gasteiger partial charge on any atom is 0.251 e. The molecule has 0 unspecified atom stereocenters. The topological polar surface area (TPSA) is 50.4 Å². The predicted molar refractivity (Wildman–Crippen MR) is 66.6 cm³/mol. The first-order chi connectivity index (χ1) is 8.70. The van der Waals surface area contributed by atoms with Gasteiger partial charge in [0, 0.05) is 12.1 Å². The number of hydrogen-bond donors (Lipinski definition) is 2. The van der Waals surface area contributed by atoms with Crippen LogP contribution in [0.4, 0.5) is 4.39 Å². The second kappa shape index (κ2) is 5.82. The number of rotatable bonds is 3. The van der Waals surface area contributed by atoms with Crippen molar-refractivity contribution >= 4 is 5.91 Å². The molecule has 1 amide bonds. The largest absolute Gasteiger partial charge is 0.497 e. The molecule has 0 bridgehead atoms. The zero-order chi connectivity index (χ0) is 13.0. The van der Waals surface area contributed by atoms with Crippen LogP contribution in [0.25, 0.3) is 0 Å². The lowest BCUT2D eigenvalue weighted by Gasteiger charge is -2.27. The zero-order valence-electron chi connectivity index (χ0n) is 10.3. The van der Waals surface area contributed by atoms with Crippen molar-refractivity contribution in [3.05, 3.63) is 29.8 Å².